The predicted octanol–water partition coefficient (Wildman–Crippen LogP) is 3.45. The zero-order valence-corrected chi connectivity index (χ0v) is 9.84. The van der Waals surface area contributed by atoms with Gasteiger partial charge in [-0.1, -0.05) is 12.1 Å². The molecule has 1 aromatic rings. The van der Waals surface area contributed by atoms with Crippen LogP contribution in [0.5, 0.6) is 0 Å². The van der Waals surface area contributed by atoms with Crippen molar-refractivity contribution in [3.05, 3.63) is 35.6 Å². The first-order valence-electron chi connectivity index (χ1n) is 5.18. The van der Waals surface area contributed by atoms with Gasteiger partial charge in [-0.15, -0.1) is 11.6 Å². The lowest BCUT2D eigenvalue weighted by atomic mass is 10.1. The fourth-order valence-corrected chi connectivity index (χ4v) is 1.57. The van der Waals surface area contributed by atoms with E-state index < -0.39 is 0 Å². The highest BCUT2D eigenvalue weighted by Crippen LogP contribution is 2.25. The molecule has 0 spiro atoms. The van der Waals surface area contributed by atoms with E-state index in [2.05, 4.69) is 0 Å². The van der Waals surface area contributed by atoms with Gasteiger partial charge in [0, 0.05) is 6.42 Å². The highest BCUT2D eigenvalue weighted by Gasteiger charge is 2.11. The lowest BCUT2D eigenvalue weighted by molar-refractivity contribution is -0.143. The SMILES string of the molecule is CCOC(=O)CCC(Cl)c1ccc(F)cc1. The van der Waals surface area contributed by atoms with Crippen LogP contribution in [0, 0.1) is 5.82 Å². The number of carbonyl (C=O) groups is 1. The first kappa shape index (κ1) is 13.0. The number of alkyl halides is 1. The van der Waals surface area contributed by atoms with Gasteiger partial charge < -0.3 is 4.74 Å². The molecule has 0 bridgehead atoms. The fraction of sp³-hybridized carbons (Fsp3) is 0.417. The second-order valence-electron chi connectivity index (χ2n) is 3.36. The molecule has 0 saturated heterocycles. The number of carbonyl (C=O) groups excluding carboxylic acids is 1. The molecule has 0 aliphatic heterocycles. The minimum atomic E-state index is -0.294. The third kappa shape index (κ3) is 4.19. The van der Waals surface area contributed by atoms with Gasteiger partial charge in [-0.25, -0.2) is 4.39 Å². The summed E-state index contributed by atoms with van der Waals surface area (Å²) in [4.78, 5) is 11.1. The van der Waals surface area contributed by atoms with Crippen LogP contribution in [0.25, 0.3) is 0 Å². The van der Waals surface area contributed by atoms with E-state index in [1.807, 2.05) is 0 Å². The van der Waals surface area contributed by atoms with Gasteiger partial charge in [-0.3, -0.25) is 4.79 Å². The molecule has 0 aromatic heterocycles. The Bertz CT molecular complexity index is 337. The van der Waals surface area contributed by atoms with Crippen LogP contribution in [0.15, 0.2) is 24.3 Å². The summed E-state index contributed by atoms with van der Waals surface area (Å²) in [7, 11) is 0. The van der Waals surface area contributed by atoms with Crippen LogP contribution < -0.4 is 0 Å². The standard InChI is InChI=1S/C12H14ClFO2/c1-2-16-12(15)8-7-11(13)9-3-5-10(14)6-4-9/h3-6,11H,2,7-8H2,1H3. The Hall–Kier alpha value is -1.09. The third-order valence-corrected chi connectivity index (χ3v) is 2.61. The highest BCUT2D eigenvalue weighted by molar-refractivity contribution is 6.20. The molecule has 1 atom stereocenters. The highest BCUT2D eigenvalue weighted by atomic mass is 35.5. The summed E-state index contributed by atoms with van der Waals surface area (Å²) in [5, 5.41) is -0.287. The van der Waals surface area contributed by atoms with Crippen molar-refractivity contribution in [1.82, 2.24) is 0 Å². The maximum Gasteiger partial charge on any atom is 0.305 e. The van der Waals surface area contributed by atoms with E-state index in [1.54, 1.807) is 19.1 Å². The number of benzene rings is 1. The Balaban J connectivity index is 2.43. The van der Waals surface area contributed by atoms with Crippen molar-refractivity contribution in [2.24, 2.45) is 0 Å². The summed E-state index contributed by atoms with van der Waals surface area (Å²) in [6.07, 6.45) is 0.769. The lowest BCUT2D eigenvalue weighted by Crippen LogP contribution is -2.05. The van der Waals surface area contributed by atoms with Crippen molar-refractivity contribution in [1.29, 1.82) is 0 Å². The summed E-state index contributed by atoms with van der Waals surface area (Å²) in [5.74, 6) is -0.548. The molecule has 4 heteroatoms. The molecule has 0 heterocycles. The maximum absolute atomic E-state index is 12.6. The minimum absolute atomic E-state index is 0.254. The van der Waals surface area contributed by atoms with Gasteiger partial charge >= 0.3 is 5.97 Å². The summed E-state index contributed by atoms with van der Waals surface area (Å²) in [5.41, 5.74) is 0.812. The molecular weight excluding hydrogens is 231 g/mol. The maximum atomic E-state index is 12.6. The summed E-state index contributed by atoms with van der Waals surface area (Å²) < 4.78 is 17.4. The van der Waals surface area contributed by atoms with Crippen molar-refractivity contribution in [3.8, 4) is 0 Å². The van der Waals surface area contributed by atoms with Gasteiger partial charge in [-0.05, 0) is 31.0 Å². The molecule has 88 valence electrons. The summed E-state index contributed by atoms with van der Waals surface area (Å²) in [6, 6.07) is 5.96. The Labute approximate surface area is 99.4 Å². The zero-order valence-electron chi connectivity index (χ0n) is 9.08. The average molecular weight is 245 g/mol. The average Bonchev–Trinajstić information content (AvgIpc) is 2.27. The third-order valence-electron chi connectivity index (χ3n) is 2.14. The van der Waals surface area contributed by atoms with Gasteiger partial charge in [-0.2, -0.15) is 0 Å². The molecular formula is C12H14ClFO2. The summed E-state index contributed by atoms with van der Waals surface area (Å²) >= 11 is 6.07. The zero-order chi connectivity index (χ0) is 12.0. The van der Waals surface area contributed by atoms with Gasteiger partial charge in [0.1, 0.15) is 5.82 Å². The smallest absolute Gasteiger partial charge is 0.305 e. The van der Waals surface area contributed by atoms with Crippen molar-refractivity contribution in [3.63, 3.8) is 0 Å². The number of rotatable bonds is 5. The van der Waals surface area contributed by atoms with Gasteiger partial charge in [0.2, 0.25) is 0 Å². The van der Waals surface area contributed by atoms with Crippen LogP contribution in [0.1, 0.15) is 30.7 Å². The molecule has 0 saturated carbocycles. The van der Waals surface area contributed by atoms with E-state index in [0.29, 0.717) is 13.0 Å². The predicted molar refractivity (Wildman–Crippen MR) is 60.9 cm³/mol. The number of halogens is 2. The molecule has 0 fully saturated rings. The quantitative estimate of drug-likeness (QED) is 0.586. The first-order chi connectivity index (χ1) is 7.63. The van der Waals surface area contributed by atoms with E-state index in [0.717, 1.165) is 5.56 Å². The monoisotopic (exact) mass is 244 g/mol. The molecule has 0 aliphatic carbocycles. The number of esters is 1. The van der Waals surface area contributed by atoms with E-state index in [9.17, 15) is 9.18 Å². The van der Waals surface area contributed by atoms with Gasteiger partial charge in [0.25, 0.3) is 0 Å². The van der Waals surface area contributed by atoms with Crippen LogP contribution in [0.4, 0.5) is 4.39 Å². The largest absolute Gasteiger partial charge is 0.466 e. The van der Waals surface area contributed by atoms with Crippen LogP contribution in [-0.4, -0.2) is 12.6 Å². The van der Waals surface area contributed by atoms with E-state index in [-0.39, 0.29) is 23.6 Å². The molecule has 0 radical (unpaired) electrons. The Morgan fingerprint density at radius 1 is 1.44 bits per heavy atom. The minimum Gasteiger partial charge on any atom is -0.466 e. The molecule has 0 N–H and O–H groups in total. The van der Waals surface area contributed by atoms with Gasteiger partial charge in [0.15, 0.2) is 0 Å². The van der Waals surface area contributed by atoms with E-state index in [4.69, 9.17) is 16.3 Å². The van der Waals surface area contributed by atoms with Gasteiger partial charge in [0.05, 0.1) is 12.0 Å². The first-order valence-corrected chi connectivity index (χ1v) is 5.62. The lowest BCUT2D eigenvalue weighted by Gasteiger charge is -2.09. The van der Waals surface area contributed by atoms with E-state index in [1.165, 1.54) is 12.1 Å². The fourth-order valence-electron chi connectivity index (χ4n) is 1.32. The van der Waals surface area contributed by atoms with E-state index >= 15 is 0 Å². The van der Waals surface area contributed by atoms with Crippen molar-refractivity contribution >= 4 is 17.6 Å². The van der Waals surface area contributed by atoms with Crippen LogP contribution >= 0.6 is 11.6 Å². The molecule has 0 aliphatic rings. The molecule has 1 aromatic carbocycles. The Morgan fingerprint density at radius 2 is 2.06 bits per heavy atom. The second kappa shape index (κ2) is 6.48. The molecule has 16 heavy (non-hydrogen) atoms. The van der Waals surface area contributed by atoms with Crippen molar-refractivity contribution < 1.29 is 13.9 Å². The molecule has 1 rings (SSSR count). The number of hydrogen-bond donors (Lipinski definition) is 0. The molecule has 2 nitrogen and oxygen atoms in total. The van der Waals surface area contributed by atoms with Crippen LogP contribution in [0.3, 0.4) is 0 Å². The normalized spacial score (nSPS) is 12.2. The second-order valence-corrected chi connectivity index (χ2v) is 3.89. The topological polar surface area (TPSA) is 26.3 Å². The van der Waals surface area contributed by atoms with Crippen LogP contribution in [0.2, 0.25) is 0 Å². The van der Waals surface area contributed by atoms with Crippen LogP contribution in [-0.2, 0) is 9.53 Å². The van der Waals surface area contributed by atoms with Crippen molar-refractivity contribution in [2.45, 2.75) is 25.1 Å². The number of ether oxygens (including phenoxy) is 1. The molecule has 0 amide bonds. The van der Waals surface area contributed by atoms with Crippen molar-refractivity contribution in [2.75, 3.05) is 6.61 Å². The Kier molecular flexibility index (Phi) is 5.26. The number of hydrogen-bond acceptors (Lipinski definition) is 2. The summed E-state index contributed by atoms with van der Waals surface area (Å²) in [6.45, 7) is 2.14. The molecule has 1 unspecified atom stereocenters. The Morgan fingerprint density at radius 3 is 2.62 bits per heavy atom.